The van der Waals surface area contributed by atoms with Crippen molar-refractivity contribution in [2.45, 2.75) is 38.1 Å². The number of para-hydroxylation sites is 1. The number of hydrogen-bond acceptors (Lipinski definition) is 3. The van der Waals surface area contributed by atoms with Crippen LogP contribution in [0.15, 0.2) is 54.6 Å². The molecule has 1 heterocycles. The number of hydrogen-bond donors (Lipinski definition) is 2. The number of benzene rings is 2. The summed E-state index contributed by atoms with van der Waals surface area (Å²) in [6, 6.07) is 14.6. The fourth-order valence-corrected chi connectivity index (χ4v) is 4.35. The van der Waals surface area contributed by atoms with Gasteiger partial charge in [-0.05, 0) is 48.6 Å². The summed E-state index contributed by atoms with van der Waals surface area (Å²) in [7, 11) is 1.73. The van der Waals surface area contributed by atoms with Crippen LogP contribution in [0.2, 0.25) is 0 Å². The van der Waals surface area contributed by atoms with Gasteiger partial charge in [0.2, 0.25) is 5.91 Å². The van der Waals surface area contributed by atoms with Crippen molar-refractivity contribution < 1.29 is 9.53 Å². The molecular weight excluding hydrogens is 336 g/mol. The normalized spacial score (nSPS) is 22.5. The molecule has 2 aromatic rings. The molecule has 3 atom stereocenters. The molecule has 2 aromatic carbocycles. The van der Waals surface area contributed by atoms with Crippen LogP contribution < -0.4 is 15.4 Å². The average molecular weight is 362 g/mol. The summed E-state index contributed by atoms with van der Waals surface area (Å²) in [5.74, 6) is 1.79. The summed E-state index contributed by atoms with van der Waals surface area (Å²) in [4.78, 5) is 12.0. The first-order chi connectivity index (χ1) is 13.2. The summed E-state index contributed by atoms with van der Waals surface area (Å²) >= 11 is 0. The van der Waals surface area contributed by atoms with E-state index in [4.69, 9.17) is 4.74 Å². The Morgan fingerprint density at radius 3 is 2.89 bits per heavy atom. The van der Waals surface area contributed by atoms with E-state index in [2.05, 4.69) is 47.1 Å². The number of nitrogens with one attached hydrogen (secondary N) is 2. The van der Waals surface area contributed by atoms with Crippen molar-refractivity contribution in [3.05, 3.63) is 65.7 Å². The van der Waals surface area contributed by atoms with Gasteiger partial charge < -0.3 is 15.4 Å². The number of anilines is 2. The SMILES string of the molecule is CCCC(=O)Nc1ccc2c(c1)C1C=CCC1C(c1ccccc1OC)N2. The van der Waals surface area contributed by atoms with Gasteiger partial charge in [0.15, 0.2) is 0 Å². The highest BCUT2D eigenvalue weighted by Crippen LogP contribution is 2.51. The molecule has 0 saturated carbocycles. The fourth-order valence-electron chi connectivity index (χ4n) is 4.35. The second-order valence-electron chi connectivity index (χ2n) is 7.32. The lowest BCUT2D eigenvalue weighted by atomic mass is 9.76. The lowest BCUT2D eigenvalue weighted by Crippen LogP contribution is -2.29. The Bertz CT molecular complexity index is 874. The second-order valence-corrected chi connectivity index (χ2v) is 7.32. The minimum atomic E-state index is 0.0756. The van der Waals surface area contributed by atoms with Crippen molar-refractivity contribution >= 4 is 17.3 Å². The first-order valence-corrected chi connectivity index (χ1v) is 9.71. The number of methoxy groups -OCH3 is 1. The third-order valence-electron chi connectivity index (χ3n) is 5.60. The Kier molecular flexibility index (Phi) is 4.88. The summed E-state index contributed by atoms with van der Waals surface area (Å²) < 4.78 is 5.61. The highest BCUT2D eigenvalue weighted by Gasteiger charge is 2.39. The zero-order valence-corrected chi connectivity index (χ0v) is 15.9. The molecule has 140 valence electrons. The number of fused-ring (bicyclic) bond motifs is 3. The number of rotatable bonds is 5. The molecule has 1 aliphatic carbocycles. The van der Waals surface area contributed by atoms with Gasteiger partial charge in [-0.1, -0.05) is 37.3 Å². The molecule has 4 rings (SSSR count). The van der Waals surface area contributed by atoms with Gasteiger partial charge in [0, 0.05) is 29.3 Å². The largest absolute Gasteiger partial charge is 0.496 e. The van der Waals surface area contributed by atoms with Gasteiger partial charge >= 0.3 is 0 Å². The Labute approximate surface area is 160 Å². The maximum absolute atomic E-state index is 12.0. The van der Waals surface area contributed by atoms with Crippen LogP contribution in [0.5, 0.6) is 5.75 Å². The Morgan fingerprint density at radius 2 is 2.07 bits per heavy atom. The smallest absolute Gasteiger partial charge is 0.224 e. The fraction of sp³-hybridized carbons (Fsp3) is 0.348. The van der Waals surface area contributed by atoms with Gasteiger partial charge in [0.25, 0.3) is 0 Å². The van der Waals surface area contributed by atoms with Crippen molar-refractivity contribution in [3.63, 3.8) is 0 Å². The molecule has 2 N–H and O–H groups in total. The molecule has 2 aliphatic rings. The predicted molar refractivity (Wildman–Crippen MR) is 109 cm³/mol. The summed E-state index contributed by atoms with van der Waals surface area (Å²) in [5, 5.41) is 6.76. The topological polar surface area (TPSA) is 50.4 Å². The standard InChI is InChI=1S/C23H26N2O2/c1-3-7-22(26)24-15-12-13-20-19(14-15)16-9-6-10-17(16)23(25-20)18-8-4-5-11-21(18)27-2/h4-6,8-9,11-14,16-17,23,25H,3,7,10H2,1-2H3,(H,24,26). The van der Waals surface area contributed by atoms with Crippen LogP contribution >= 0.6 is 0 Å². The van der Waals surface area contributed by atoms with E-state index >= 15 is 0 Å². The molecule has 1 aliphatic heterocycles. The molecule has 0 saturated heterocycles. The van der Waals surface area contributed by atoms with Gasteiger partial charge in [0.1, 0.15) is 5.75 Å². The Hall–Kier alpha value is -2.75. The second kappa shape index (κ2) is 7.47. The predicted octanol–water partition coefficient (Wildman–Crippen LogP) is 5.26. The van der Waals surface area contributed by atoms with E-state index in [0.717, 1.165) is 30.0 Å². The van der Waals surface area contributed by atoms with E-state index in [9.17, 15) is 4.79 Å². The third-order valence-corrected chi connectivity index (χ3v) is 5.60. The number of allylic oxidation sites excluding steroid dienone is 2. The van der Waals surface area contributed by atoms with Gasteiger partial charge in [0.05, 0.1) is 13.2 Å². The van der Waals surface area contributed by atoms with Gasteiger partial charge in [-0.25, -0.2) is 0 Å². The van der Waals surface area contributed by atoms with Gasteiger partial charge in [-0.15, -0.1) is 0 Å². The van der Waals surface area contributed by atoms with Crippen LogP contribution in [0.25, 0.3) is 0 Å². The molecule has 4 nitrogen and oxygen atoms in total. The van der Waals surface area contributed by atoms with Gasteiger partial charge in [-0.3, -0.25) is 4.79 Å². The first-order valence-electron chi connectivity index (χ1n) is 9.71. The first kappa shape index (κ1) is 17.7. The number of carbonyl (C=O) groups excluding carboxylic acids is 1. The number of ether oxygens (including phenoxy) is 1. The molecule has 0 aromatic heterocycles. The molecule has 0 bridgehead atoms. The Morgan fingerprint density at radius 1 is 1.22 bits per heavy atom. The zero-order valence-electron chi connectivity index (χ0n) is 15.9. The molecule has 0 fully saturated rings. The number of carbonyl (C=O) groups is 1. The summed E-state index contributed by atoms with van der Waals surface area (Å²) in [6.45, 7) is 2.02. The van der Waals surface area contributed by atoms with E-state index < -0.39 is 0 Å². The van der Waals surface area contributed by atoms with Crippen LogP contribution in [-0.4, -0.2) is 13.0 Å². The van der Waals surface area contributed by atoms with E-state index in [-0.39, 0.29) is 11.9 Å². The molecule has 1 amide bonds. The summed E-state index contributed by atoms with van der Waals surface area (Å²) in [5.41, 5.74) is 4.47. The zero-order chi connectivity index (χ0) is 18.8. The molecular formula is C23H26N2O2. The molecule has 3 unspecified atom stereocenters. The van der Waals surface area contributed by atoms with E-state index in [0.29, 0.717) is 18.3 Å². The van der Waals surface area contributed by atoms with Crippen LogP contribution in [0, 0.1) is 5.92 Å². The number of amides is 1. The minimum absolute atomic E-state index is 0.0756. The molecule has 27 heavy (non-hydrogen) atoms. The monoisotopic (exact) mass is 362 g/mol. The Balaban J connectivity index is 1.67. The van der Waals surface area contributed by atoms with Crippen LogP contribution in [-0.2, 0) is 4.79 Å². The third kappa shape index (κ3) is 3.32. The molecule has 0 radical (unpaired) electrons. The van der Waals surface area contributed by atoms with Crippen molar-refractivity contribution in [2.75, 3.05) is 17.7 Å². The highest BCUT2D eigenvalue weighted by atomic mass is 16.5. The van der Waals surface area contributed by atoms with Gasteiger partial charge in [-0.2, -0.15) is 0 Å². The quantitative estimate of drug-likeness (QED) is 0.713. The van der Waals surface area contributed by atoms with Crippen molar-refractivity contribution in [1.29, 1.82) is 0 Å². The maximum atomic E-state index is 12.0. The summed E-state index contributed by atoms with van der Waals surface area (Å²) in [6.07, 6.45) is 7.02. The minimum Gasteiger partial charge on any atom is -0.496 e. The maximum Gasteiger partial charge on any atom is 0.224 e. The van der Waals surface area contributed by atoms with Crippen LogP contribution in [0.3, 0.4) is 0 Å². The lowest BCUT2D eigenvalue weighted by molar-refractivity contribution is -0.116. The lowest BCUT2D eigenvalue weighted by Gasteiger charge is -2.38. The van der Waals surface area contributed by atoms with Crippen molar-refractivity contribution in [3.8, 4) is 5.75 Å². The van der Waals surface area contributed by atoms with E-state index in [1.807, 2.05) is 25.1 Å². The van der Waals surface area contributed by atoms with E-state index in [1.54, 1.807) is 7.11 Å². The highest BCUT2D eigenvalue weighted by molar-refractivity contribution is 5.91. The molecule has 0 spiro atoms. The van der Waals surface area contributed by atoms with E-state index in [1.165, 1.54) is 11.1 Å². The van der Waals surface area contributed by atoms with Crippen molar-refractivity contribution in [2.24, 2.45) is 5.92 Å². The van der Waals surface area contributed by atoms with Crippen LogP contribution in [0.4, 0.5) is 11.4 Å². The average Bonchev–Trinajstić information content (AvgIpc) is 3.18. The van der Waals surface area contributed by atoms with Crippen LogP contribution in [0.1, 0.15) is 49.3 Å². The molecule has 4 heteroatoms. The van der Waals surface area contributed by atoms with Crippen molar-refractivity contribution in [1.82, 2.24) is 0 Å².